The molecule has 0 saturated carbocycles. The fourth-order valence-corrected chi connectivity index (χ4v) is 4.42. The van der Waals surface area contributed by atoms with Gasteiger partial charge in [0.2, 0.25) is 0 Å². The lowest BCUT2D eigenvalue weighted by Crippen LogP contribution is -2.41. The maximum absolute atomic E-state index is 13.1. The second-order valence-corrected chi connectivity index (χ2v) is 8.15. The van der Waals surface area contributed by atoms with Gasteiger partial charge in [0.05, 0.1) is 11.4 Å². The van der Waals surface area contributed by atoms with Gasteiger partial charge in [-0.1, -0.05) is 19.4 Å². The number of fused-ring (bicyclic) bond motifs is 1. The van der Waals surface area contributed by atoms with Crippen LogP contribution in [-0.4, -0.2) is 28.9 Å². The Labute approximate surface area is 181 Å². The molecule has 0 unspecified atom stereocenters. The molecule has 0 N–H and O–H groups in total. The first-order chi connectivity index (χ1) is 15.1. The van der Waals surface area contributed by atoms with Crippen molar-refractivity contribution < 1.29 is 13.9 Å². The topological polar surface area (TPSA) is 72.6 Å². The van der Waals surface area contributed by atoms with Crippen LogP contribution in [0.2, 0.25) is 0 Å². The van der Waals surface area contributed by atoms with Gasteiger partial charge < -0.3 is 14.1 Å². The van der Waals surface area contributed by atoms with Gasteiger partial charge in [0.1, 0.15) is 11.3 Å². The summed E-state index contributed by atoms with van der Waals surface area (Å²) in [4.78, 5) is 31.2. The maximum atomic E-state index is 13.1. The number of likely N-dealkylation sites (tertiary alicyclic amines) is 1. The van der Waals surface area contributed by atoms with Crippen molar-refractivity contribution in [3.8, 4) is 5.75 Å². The predicted octanol–water partition coefficient (Wildman–Crippen LogP) is 4.58. The van der Waals surface area contributed by atoms with E-state index in [1.165, 1.54) is 6.07 Å². The Hall–Kier alpha value is -3.15. The third kappa shape index (κ3) is 4.63. The van der Waals surface area contributed by atoms with Crippen LogP contribution in [-0.2, 0) is 11.2 Å². The first-order valence-electron chi connectivity index (χ1n) is 11.0. The van der Waals surface area contributed by atoms with E-state index in [2.05, 4.69) is 11.9 Å². The highest BCUT2D eigenvalue weighted by atomic mass is 16.5. The molecule has 2 aromatic heterocycles. The van der Waals surface area contributed by atoms with E-state index < -0.39 is 0 Å². The minimum absolute atomic E-state index is 0.0291. The molecule has 0 radical (unpaired) electrons. The van der Waals surface area contributed by atoms with Gasteiger partial charge >= 0.3 is 5.63 Å². The second kappa shape index (κ2) is 9.33. The number of rotatable bonds is 6. The van der Waals surface area contributed by atoms with Crippen LogP contribution in [0.15, 0.2) is 51.9 Å². The molecule has 4 rings (SSSR count). The number of hydrogen-bond acceptors (Lipinski definition) is 5. The molecule has 3 heterocycles. The van der Waals surface area contributed by atoms with Crippen LogP contribution in [0.1, 0.15) is 55.3 Å². The standard InChI is InChI=1S/C25H28N2O4/c1-3-7-18-14-24(29)31-22-13-17(2)12-21(25(18)22)30-16-23(28)27-11-5-4-9-20(27)19-8-6-10-26-15-19/h6,8,10,12-15,20H,3-5,7,9,11,16H2,1-2H3/t20-/m1/s1. The van der Waals surface area contributed by atoms with Gasteiger partial charge in [0.25, 0.3) is 5.91 Å². The van der Waals surface area contributed by atoms with Crippen LogP contribution < -0.4 is 10.4 Å². The number of aryl methyl sites for hydroxylation is 2. The number of ether oxygens (including phenoxy) is 1. The number of hydrogen-bond donors (Lipinski definition) is 0. The minimum atomic E-state index is -0.365. The van der Waals surface area contributed by atoms with Crippen LogP contribution in [0.25, 0.3) is 11.0 Å². The highest BCUT2D eigenvalue weighted by molar-refractivity contribution is 5.88. The quantitative estimate of drug-likeness (QED) is 0.546. The number of amides is 1. The Bertz CT molecular complexity index is 1120. The molecule has 1 aromatic carbocycles. The molecule has 0 spiro atoms. The smallest absolute Gasteiger partial charge is 0.336 e. The lowest BCUT2D eigenvalue weighted by molar-refractivity contribution is -0.137. The summed E-state index contributed by atoms with van der Waals surface area (Å²) in [6.45, 7) is 4.64. The summed E-state index contributed by atoms with van der Waals surface area (Å²) in [6, 6.07) is 9.24. The van der Waals surface area contributed by atoms with E-state index in [0.29, 0.717) is 17.9 Å². The van der Waals surface area contributed by atoms with Gasteiger partial charge in [-0.3, -0.25) is 9.78 Å². The van der Waals surface area contributed by atoms with Crippen LogP contribution >= 0.6 is 0 Å². The molecular formula is C25H28N2O4. The summed E-state index contributed by atoms with van der Waals surface area (Å²) in [5, 5.41) is 0.780. The van der Waals surface area contributed by atoms with Crippen molar-refractivity contribution in [2.75, 3.05) is 13.2 Å². The van der Waals surface area contributed by atoms with Crippen LogP contribution in [0, 0.1) is 6.92 Å². The first-order valence-corrected chi connectivity index (χ1v) is 11.0. The SMILES string of the molecule is CCCc1cc(=O)oc2cc(C)cc(OCC(=O)N3CCCC[C@@H]3c3cccnc3)c12. The minimum Gasteiger partial charge on any atom is -0.483 e. The van der Waals surface area contributed by atoms with Crippen molar-refractivity contribution in [3.05, 3.63) is 69.8 Å². The molecule has 3 aromatic rings. The summed E-state index contributed by atoms with van der Waals surface area (Å²) in [6.07, 6.45) is 8.22. The zero-order valence-electron chi connectivity index (χ0n) is 18.1. The third-order valence-corrected chi connectivity index (χ3v) is 5.80. The summed E-state index contributed by atoms with van der Waals surface area (Å²) >= 11 is 0. The number of nitrogens with zero attached hydrogens (tertiary/aromatic N) is 2. The third-order valence-electron chi connectivity index (χ3n) is 5.80. The number of pyridine rings is 1. The molecule has 1 saturated heterocycles. The normalized spacial score (nSPS) is 16.5. The summed E-state index contributed by atoms with van der Waals surface area (Å²) in [5.74, 6) is 0.545. The number of carbonyl (C=O) groups is 1. The second-order valence-electron chi connectivity index (χ2n) is 8.15. The fourth-order valence-electron chi connectivity index (χ4n) is 4.42. The molecule has 1 atom stereocenters. The molecule has 0 bridgehead atoms. The van der Waals surface area contributed by atoms with Gasteiger partial charge in [-0.25, -0.2) is 4.79 Å². The van der Waals surface area contributed by atoms with E-state index in [1.54, 1.807) is 6.20 Å². The van der Waals surface area contributed by atoms with Crippen molar-refractivity contribution in [1.82, 2.24) is 9.88 Å². The molecule has 162 valence electrons. The van der Waals surface area contributed by atoms with Gasteiger partial charge in [0.15, 0.2) is 6.61 Å². The Morgan fingerprint density at radius 2 is 2.16 bits per heavy atom. The van der Waals surface area contributed by atoms with E-state index in [9.17, 15) is 9.59 Å². The molecule has 31 heavy (non-hydrogen) atoms. The summed E-state index contributed by atoms with van der Waals surface area (Å²) < 4.78 is 11.5. The molecule has 0 aliphatic carbocycles. The molecule has 1 aliphatic heterocycles. The number of aromatic nitrogens is 1. The van der Waals surface area contributed by atoms with Crippen LogP contribution in [0.3, 0.4) is 0 Å². The summed E-state index contributed by atoms with van der Waals surface area (Å²) in [7, 11) is 0. The van der Waals surface area contributed by atoms with Crippen molar-refractivity contribution >= 4 is 16.9 Å². The molecule has 6 nitrogen and oxygen atoms in total. The van der Waals surface area contributed by atoms with E-state index in [4.69, 9.17) is 9.15 Å². The Morgan fingerprint density at radius 3 is 2.94 bits per heavy atom. The van der Waals surface area contributed by atoms with Crippen LogP contribution in [0.5, 0.6) is 5.75 Å². The number of carbonyl (C=O) groups excluding carboxylic acids is 1. The highest BCUT2D eigenvalue weighted by Gasteiger charge is 2.28. The van der Waals surface area contributed by atoms with E-state index in [-0.39, 0.29) is 24.2 Å². The fraction of sp³-hybridized carbons (Fsp3) is 0.400. The monoisotopic (exact) mass is 420 g/mol. The molecule has 6 heteroatoms. The number of benzene rings is 1. The number of piperidine rings is 1. The maximum Gasteiger partial charge on any atom is 0.336 e. The van der Waals surface area contributed by atoms with Crippen molar-refractivity contribution in [3.63, 3.8) is 0 Å². The zero-order valence-corrected chi connectivity index (χ0v) is 18.1. The Morgan fingerprint density at radius 1 is 1.29 bits per heavy atom. The molecule has 1 amide bonds. The van der Waals surface area contributed by atoms with Crippen LogP contribution in [0.4, 0.5) is 0 Å². The lowest BCUT2D eigenvalue weighted by Gasteiger charge is -2.35. The van der Waals surface area contributed by atoms with E-state index in [0.717, 1.165) is 54.2 Å². The molecule has 1 aliphatic rings. The molecular weight excluding hydrogens is 392 g/mol. The van der Waals surface area contributed by atoms with Gasteiger partial charge in [-0.05, 0) is 67.5 Å². The van der Waals surface area contributed by atoms with Gasteiger partial charge in [0, 0.05) is 25.0 Å². The first kappa shape index (κ1) is 21.1. The zero-order chi connectivity index (χ0) is 21.8. The Kier molecular flexibility index (Phi) is 6.35. The summed E-state index contributed by atoms with van der Waals surface area (Å²) in [5.41, 5.74) is 3.00. The lowest BCUT2D eigenvalue weighted by atomic mass is 9.96. The molecule has 1 fully saturated rings. The average molecular weight is 421 g/mol. The van der Waals surface area contributed by atoms with Gasteiger partial charge in [-0.2, -0.15) is 0 Å². The van der Waals surface area contributed by atoms with Crippen molar-refractivity contribution in [1.29, 1.82) is 0 Å². The highest BCUT2D eigenvalue weighted by Crippen LogP contribution is 2.32. The van der Waals surface area contributed by atoms with E-state index >= 15 is 0 Å². The van der Waals surface area contributed by atoms with Crippen molar-refractivity contribution in [2.24, 2.45) is 0 Å². The largest absolute Gasteiger partial charge is 0.483 e. The Balaban J connectivity index is 1.59. The van der Waals surface area contributed by atoms with E-state index in [1.807, 2.05) is 42.3 Å². The van der Waals surface area contributed by atoms with Crippen molar-refractivity contribution in [2.45, 2.75) is 52.0 Å². The average Bonchev–Trinajstić information content (AvgIpc) is 2.77. The van der Waals surface area contributed by atoms with Gasteiger partial charge in [-0.15, -0.1) is 0 Å². The predicted molar refractivity (Wildman–Crippen MR) is 119 cm³/mol.